The Kier molecular flexibility index (Phi) is 1.95. The van der Waals surface area contributed by atoms with E-state index in [1.807, 2.05) is 36.3 Å². The zero-order valence-electron chi connectivity index (χ0n) is 8.13. The zero-order chi connectivity index (χ0) is 10.3. The van der Waals surface area contributed by atoms with Crippen LogP contribution in [0.5, 0.6) is 0 Å². The maximum Gasteiger partial charge on any atom is 0.0752 e. The van der Waals surface area contributed by atoms with Gasteiger partial charge in [-0.1, -0.05) is 6.07 Å². The Morgan fingerprint density at radius 3 is 3.20 bits per heavy atom. The van der Waals surface area contributed by atoms with Crippen molar-refractivity contribution in [3.05, 3.63) is 48.0 Å². The first-order valence-electron chi connectivity index (χ1n) is 4.82. The highest BCUT2D eigenvalue weighted by Gasteiger charge is 2.26. The fourth-order valence-electron chi connectivity index (χ4n) is 1.94. The van der Waals surface area contributed by atoms with E-state index >= 15 is 0 Å². The van der Waals surface area contributed by atoms with Crippen LogP contribution >= 0.6 is 11.8 Å². The predicted molar refractivity (Wildman–Crippen MR) is 62.5 cm³/mol. The molecule has 0 radical (unpaired) electrons. The first-order valence-corrected chi connectivity index (χ1v) is 5.87. The van der Waals surface area contributed by atoms with Gasteiger partial charge in [0.1, 0.15) is 0 Å². The number of aromatic nitrogens is 2. The highest BCUT2D eigenvalue weighted by atomic mass is 32.2. The Labute approximate surface area is 92.3 Å². The third-order valence-corrected chi connectivity index (χ3v) is 3.91. The lowest BCUT2D eigenvalue weighted by Gasteiger charge is -2.09. The molecule has 3 heterocycles. The van der Waals surface area contributed by atoms with Gasteiger partial charge in [-0.3, -0.25) is 4.98 Å². The van der Waals surface area contributed by atoms with Crippen molar-refractivity contribution >= 4 is 17.4 Å². The lowest BCUT2D eigenvalue weighted by molar-refractivity contribution is 0.870. The smallest absolute Gasteiger partial charge is 0.0752 e. The highest BCUT2D eigenvalue weighted by molar-refractivity contribution is 7.99. The van der Waals surface area contributed by atoms with Crippen LogP contribution in [0, 0.1) is 0 Å². The molecule has 2 N–H and O–H groups in total. The summed E-state index contributed by atoms with van der Waals surface area (Å²) in [4.78, 5) is 4.15. The van der Waals surface area contributed by atoms with Gasteiger partial charge in [0.15, 0.2) is 0 Å². The summed E-state index contributed by atoms with van der Waals surface area (Å²) in [5.74, 6) is 0.978. The van der Waals surface area contributed by atoms with Gasteiger partial charge >= 0.3 is 0 Å². The quantitative estimate of drug-likeness (QED) is 0.796. The summed E-state index contributed by atoms with van der Waals surface area (Å²) < 4.78 is 2.21. The van der Waals surface area contributed by atoms with Crippen LogP contribution in [-0.2, 0) is 5.88 Å². The van der Waals surface area contributed by atoms with Gasteiger partial charge in [0, 0.05) is 18.6 Å². The molecule has 0 amide bonds. The van der Waals surface area contributed by atoms with E-state index in [1.165, 1.54) is 11.3 Å². The van der Waals surface area contributed by atoms with Crippen molar-refractivity contribution in [1.29, 1.82) is 0 Å². The third kappa shape index (κ3) is 1.33. The molecule has 3 nitrogen and oxygen atoms in total. The monoisotopic (exact) mass is 217 g/mol. The van der Waals surface area contributed by atoms with Gasteiger partial charge in [-0.2, -0.15) is 0 Å². The van der Waals surface area contributed by atoms with Gasteiger partial charge in [0.05, 0.1) is 22.5 Å². The minimum atomic E-state index is 0.341. The summed E-state index contributed by atoms with van der Waals surface area (Å²) >= 11 is 1.89. The molecule has 1 unspecified atom stereocenters. The van der Waals surface area contributed by atoms with Gasteiger partial charge < -0.3 is 10.3 Å². The summed E-state index contributed by atoms with van der Waals surface area (Å²) in [5, 5.41) is 0.341. The second-order valence-electron chi connectivity index (χ2n) is 3.59. The number of nitrogen functional groups attached to an aromatic ring is 1. The molecule has 76 valence electrons. The number of thioether (sulfide) groups is 1. The Balaban J connectivity index is 2.07. The van der Waals surface area contributed by atoms with Crippen molar-refractivity contribution in [3.8, 4) is 0 Å². The van der Waals surface area contributed by atoms with Crippen LogP contribution < -0.4 is 5.73 Å². The van der Waals surface area contributed by atoms with Crippen LogP contribution in [0.15, 0.2) is 36.8 Å². The topological polar surface area (TPSA) is 43.8 Å². The van der Waals surface area contributed by atoms with E-state index in [0.29, 0.717) is 5.25 Å². The number of nitrogens with zero attached hydrogens (tertiary/aromatic N) is 2. The number of hydrogen-bond donors (Lipinski definition) is 1. The second kappa shape index (κ2) is 3.31. The SMILES string of the molecule is Nc1ccn2c1C(c1cccnc1)SC2. The minimum absolute atomic E-state index is 0.341. The molecule has 0 aliphatic carbocycles. The molecule has 0 bridgehead atoms. The second-order valence-corrected chi connectivity index (χ2v) is 4.65. The lowest BCUT2D eigenvalue weighted by Crippen LogP contribution is -1.98. The van der Waals surface area contributed by atoms with Crippen LogP contribution in [0.1, 0.15) is 16.5 Å². The summed E-state index contributed by atoms with van der Waals surface area (Å²) in [6, 6.07) is 6.04. The largest absolute Gasteiger partial charge is 0.397 e. The number of pyridine rings is 1. The van der Waals surface area contributed by atoms with Crippen molar-refractivity contribution in [2.75, 3.05) is 5.73 Å². The molecular weight excluding hydrogens is 206 g/mol. The van der Waals surface area contributed by atoms with Gasteiger partial charge in [0.25, 0.3) is 0 Å². The molecule has 0 saturated heterocycles. The van der Waals surface area contributed by atoms with Gasteiger partial charge in [-0.15, -0.1) is 11.8 Å². The van der Waals surface area contributed by atoms with Crippen LogP contribution in [0.3, 0.4) is 0 Å². The van der Waals surface area contributed by atoms with E-state index in [0.717, 1.165) is 11.6 Å². The standard InChI is InChI=1S/C11H11N3S/c12-9-3-5-14-7-15-11(10(9)14)8-2-1-4-13-6-8/h1-6,11H,7,12H2. The average Bonchev–Trinajstić information content (AvgIpc) is 2.84. The first-order chi connectivity index (χ1) is 7.36. The molecule has 4 heteroatoms. The van der Waals surface area contributed by atoms with Crippen molar-refractivity contribution in [2.45, 2.75) is 11.1 Å². The van der Waals surface area contributed by atoms with Crippen molar-refractivity contribution in [2.24, 2.45) is 0 Å². The molecule has 2 aromatic heterocycles. The summed E-state index contributed by atoms with van der Waals surface area (Å²) in [6.07, 6.45) is 5.76. The Bertz CT molecular complexity index is 478. The van der Waals surface area contributed by atoms with Crippen LogP contribution in [0.25, 0.3) is 0 Å². The van der Waals surface area contributed by atoms with E-state index in [9.17, 15) is 0 Å². The minimum Gasteiger partial charge on any atom is -0.397 e. The van der Waals surface area contributed by atoms with Crippen molar-refractivity contribution < 1.29 is 0 Å². The molecule has 0 spiro atoms. The van der Waals surface area contributed by atoms with E-state index in [1.54, 1.807) is 6.20 Å². The maximum atomic E-state index is 5.97. The number of rotatable bonds is 1. The number of nitrogens with two attached hydrogens (primary N) is 1. The molecule has 2 aromatic rings. The fourth-order valence-corrected chi connectivity index (χ4v) is 3.23. The Morgan fingerprint density at radius 2 is 2.40 bits per heavy atom. The molecular formula is C11H11N3S. The van der Waals surface area contributed by atoms with Crippen molar-refractivity contribution in [1.82, 2.24) is 9.55 Å². The number of hydrogen-bond acceptors (Lipinski definition) is 3. The maximum absolute atomic E-state index is 5.97. The third-order valence-electron chi connectivity index (χ3n) is 2.66. The van der Waals surface area contributed by atoms with Crippen LogP contribution in [0.2, 0.25) is 0 Å². The molecule has 0 saturated carbocycles. The van der Waals surface area contributed by atoms with Crippen molar-refractivity contribution in [3.63, 3.8) is 0 Å². The van der Waals surface area contributed by atoms with E-state index in [-0.39, 0.29) is 0 Å². The summed E-state index contributed by atoms with van der Waals surface area (Å²) in [7, 11) is 0. The molecule has 1 atom stereocenters. The van der Waals surface area contributed by atoms with E-state index < -0.39 is 0 Å². The van der Waals surface area contributed by atoms with Crippen LogP contribution in [0.4, 0.5) is 5.69 Å². The first kappa shape index (κ1) is 8.85. The normalized spacial score (nSPS) is 19.1. The molecule has 1 aliphatic heterocycles. The van der Waals surface area contributed by atoms with E-state index in [2.05, 4.69) is 15.6 Å². The van der Waals surface area contributed by atoms with Gasteiger partial charge in [-0.25, -0.2) is 0 Å². The molecule has 0 fully saturated rings. The van der Waals surface area contributed by atoms with Gasteiger partial charge in [0.2, 0.25) is 0 Å². The molecule has 3 rings (SSSR count). The lowest BCUT2D eigenvalue weighted by atomic mass is 10.1. The highest BCUT2D eigenvalue weighted by Crippen LogP contribution is 2.44. The zero-order valence-corrected chi connectivity index (χ0v) is 8.95. The predicted octanol–water partition coefficient (Wildman–Crippen LogP) is 2.26. The average molecular weight is 217 g/mol. The Hall–Kier alpha value is -1.42. The van der Waals surface area contributed by atoms with Crippen LogP contribution in [-0.4, -0.2) is 9.55 Å². The Morgan fingerprint density at radius 1 is 1.47 bits per heavy atom. The number of anilines is 1. The summed E-state index contributed by atoms with van der Waals surface area (Å²) in [6.45, 7) is 0. The fraction of sp³-hybridized carbons (Fsp3) is 0.182. The molecule has 1 aliphatic rings. The molecule has 15 heavy (non-hydrogen) atoms. The molecule has 0 aromatic carbocycles. The van der Waals surface area contributed by atoms with E-state index in [4.69, 9.17) is 5.73 Å². The summed E-state index contributed by atoms with van der Waals surface area (Å²) in [5.41, 5.74) is 9.29. The van der Waals surface area contributed by atoms with Gasteiger partial charge in [-0.05, 0) is 17.7 Å². The number of fused-ring (bicyclic) bond motifs is 1.